The van der Waals surface area contributed by atoms with Crippen molar-refractivity contribution in [2.75, 3.05) is 20.1 Å². The van der Waals surface area contributed by atoms with Gasteiger partial charge < -0.3 is 15.4 Å². The van der Waals surface area contributed by atoms with Crippen LogP contribution in [0.2, 0.25) is 0 Å². The molecule has 0 saturated heterocycles. The van der Waals surface area contributed by atoms with Gasteiger partial charge in [-0.3, -0.25) is 0 Å². The first-order valence-electron chi connectivity index (χ1n) is 8.01. The fourth-order valence-corrected chi connectivity index (χ4v) is 2.81. The smallest absolute Gasteiger partial charge is 0.124 e. The summed E-state index contributed by atoms with van der Waals surface area (Å²) in [5.74, 6) is 0.941. The number of benzene rings is 2. The van der Waals surface area contributed by atoms with Crippen LogP contribution < -0.4 is 15.4 Å². The third-order valence-corrected chi connectivity index (χ3v) is 4.09. The van der Waals surface area contributed by atoms with Crippen LogP contribution in [0.5, 0.6) is 5.75 Å². The summed E-state index contributed by atoms with van der Waals surface area (Å²) in [5.41, 5.74) is 3.63. The number of nitrogens with one attached hydrogen (secondary N) is 2. The lowest BCUT2D eigenvalue weighted by Crippen LogP contribution is -2.19. The highest BCUT2D eigenvalue weighted by Crippen LogP contribution is 2.24. The molecule has 2 aromatic carbocycles. The number of aryl methyl sites for hydroxylation is 1. The summed E-state index contributed by atoms with van der Waals surface area (Å²) in [6.07, 6.45) is 1.12. The standard InChI is InChI=1S/C19H25BrN2O/c1-15-5-3-6-16(11-15)14-23-19-8-7-18(20)12-17(19)13-22-10-4-9-21-2/h3,5-8,11-12,21-22H,4,9-10,13-14H2,1-2H3. The molecule has 0 aliphatic carbocycles. The van der Waals surface area contributed by atoms with E-state index in [1.54, 1.807) is 0 Å². The maximum absolute atomic E-state index is 6.04. The highest BCUT2D eigenvalue weighted by atomic mass is 79.9. The second-order valence-electron chi connectivity index (χ2n) is 5.66. The molecule has 3 nitrogen and oxygen atoms in total. The Bertz CT molecular complexity index is 616. The summed E-state index contributed by atoms with van der Waals surface area (Å²) < 4.78 is 7.11. The van der Waals surface area contributed by atoms with Crippen molar-refractivity contribution in [1.82, 2.24) is 10.6 Å². The molecule has 0 aromatic heterocycles. The second-order valence-corrected chi connectivity index (χ2v) is 6.58. The molecule has 0 aliphatic heterocycles. The van der Waals surface area contributed by atoms with Gasteiger partial charge in [-0.15, -0.1) is 0 Å². The lowest BCUT2D eigenvalue weighted by atomic mass is 10.1. The average Bonchev–Trinajstić information content (AvgIpc) is 2.54. The van der Waals surface area contributed by atoms with Gasteiger partial charge in [0.25, 0.3) is 0 Å². The van der Waals surface area contributed by atoms with Gasteiger partial charge in [0.1, 0.15) is 12.4 Å². The van der Waals surface area contributed by atoms with Crippen molar-refractivity contribution in [1.29, 1.82) is 0 Å². The zero-order valence-electron chi connectivity index (χ0n) is 13.9. The van der Waals surface area contributed by atoms with E-state index in [4.69, 9.17) is 4.74 Å². The van der Waals surface area contributed by atoms with Crippen LogP contribution in [0.1, 0.15) is 23.1 Å². The lowest BCUT2D eigenvalue weighted by Gasteiger charge is -2.13. The minimum Gasteiger partial charge on any atom is -0.489 e. The van der Waals surface area contributed by atoms with E-state index in [0.717, 1.165) is 36.3 Å². The SMILES string of the molecule is CNCCCNCc1cc(Br)ccc1OCc1cccc(C)c1. The van der Waals surface area contributed by atoms with Crippen LogP contribution in [0, 0.1) is 6.92 Å². The third kappa shape index (κ3) is 6.34. The molecule has 23 heavy (non-hydrogen) atoms. The zero-order valence-corrected chi connectivity index (χ0v) is 15.4. The van der Waals surface area contributed by atoms with Crippen molar-refractivity contribution in [3.63, 3.8) is 0 Å². The summed E-state index contributed by atoms with van der Waals surface area (Å²) in [6.45, 7) is 5.53. The van der Waals surface area contributed by atoms with Gasteiger partial charge in [-0.25, -0.2) is 0 Å². The van der Waals surface area contributed by atoms with Crippen molar-refractivity contribution in [2.24, 2.45) is 0 Å². The summed E-state index contributed by atoms with van der Waals surface area (Å²) in [7, 11) is 1.98. The maximum Gasteiger partial charge on any atom is 0.124 e. The molecule has 2 rings (SSSR count). The van der Waals surface area contributed by atoms with Gasteiger partial charge in [0.2, 0.25) is 0 Å². The molecule has 2 N–H and O–H groups in total. The maximum atomic E-state index is 6.04. The monoisotopic (exact) mass is 376 g/mol. The van der Waals surface area contributed by atoms with E-state index in [0.29, 0.717) is 6.61 Å². The molecule has 0 amide bonds. The van der Waals surface area contributed by atoms with Crippen molar-refractivity contribution in [2.45, 2.75) is 26.5 Å². The Hall–Kier alpha value is -1.36. The molecular formula is C19H25BrN2O. The Kier molecular flexibility index (Phi) is 7.59. The van der Waals surface area contributed by atoms with E-state index in [2.05, 4.69) is 63.8 Å². The molecule has 0 aliphatic rings. The summed E-state index contributed by atoms with van der Waals surface area (Å²) in [5, 5.41) is 6.63. The minimum absolute atomic E-state index is 0.593. The van der Waals surface area contributed by atoms with Crippen molar-refractivity contribution < 1.29 is 4.74 Å². The van der Waals surface area contributed by atoms with E-state index >= 15 is 0 Å². The van der Waals surface area contributed by atoms with E-state index in [-0.39, 0.29) is 0 Å². The van der Waals surface area contributed by atoms with E-state index < -0.39 is 0 Å². The van der Waals surface area contributed by atoms with Crippen molar-refractivity contribution in [3.8, 4) is 5.75 Å². The number of hydrogen-bond acceptors (Lipinski definition) is 3. The fourth-order valence-electron chi connectivity index (χ4n) is 2.40. The second kappa shape index (κ2) is 9.71. The molecule has 0 saturated carbocycles. The normalized spacial score (nSPS) is 10.7. The van der Waals surface area contributed by atoms with Gasteiger partial charge in [0, 0.05) is 16.6 Å². The molecule has 0 heterocycles. The summed E-state index contributed by atoms with van der Waals surface area (Å²) in [6, 6.07) is 14.6. The molecule has 124 valence electrons. The number of rotatable bonds is 9. The van der Waals surface area contributed by atoms with Gasteiger partial charge in [-0.05, 0) is 57.2 Å². The predicted octanol–water partition coefficient (Wildman–Crippen LogP) is 4.04. The van der Waals surface area contributed by atoms with Crippen LogP contribution in [-0.4, -0.2) is 20.1 Å². The average molecular weight is 377 g/mol. The van der Waals surface area contributed by atoms with Crippen molar-refractivity contribution in [3.05, 3.63) is 63.6 Å². The molecule has 4 heteroatoms. The minimum atomic E-state index is 0.593. The van der Waals surface area contributed by atoms with E-state index in [9.17, 15) is 0 Å². The molecule has 0 atom stereocenters. The summed E-state index contributed by atoms with van der Waals surface area (Å²) in [4.78, 5) is 0. The van der Waals surface area contributed by atoms with Gasteiger partial charge >= 0.3 is 0 Å². The van der Waals surface area contributed by atoms with Crippen LogP contribution in [0.3, 0.4) is 0 Å². The Morgan fingerprint density at radius 2 is 1.96 bits per heavy atom. The highest BCUT2D eigenvalue weighted by Gasteiger charge is 2.05. The van der Waals surface area contributed by atoms with Gasteiger partial charge in [-0.2, -0.15) is 0 Å². The van der Waals surface area contributed by atoms with Gasteiger partial charge in [0.15, 0.2) is 0 Å². The Morgan fingerprint density at radius 1 is 1.09 bits per heavy atom. The Morgan fingerprint density at radius 3 is 2.74 bits per heavy atom. The molecule has 0 radical (unpaired) electrons. The predicted molar refractivity (Wildman–Crippen MR) is 99.9 cm³/mol. The molecular weight excluding hydrogens is 352 g/mol. The van der Waals surface area contributed by atoms with Crippen LogP contribution in [0.4, 0.5) is 0 Å². The zero-order chi connectivity index (χ0) is 16.5. The van der Waals surface area contributed by atoms with Crippen molar-refractivity contribution >= 4 is 15.9 Å². The fraction of sp³-hybridized carbons (Fsp3) is 0.368. The molecule has 0 unspecified atom stereocenters. The Balaban J connectivity index is 1.94. The van der Waals surface area contributed by atoms with Gasteiger partial charge in [-0.1, -0.05) is 45.8 Å². The third-order valence-electron chi connectivity index (χ3n) is 3.60. The van der Waals surface area contributed by atoms with Crippen LogP contribution >= 0.6 is 15.9 Å². The largest absolute Gasteiger partial charge is 0.489 e. The van der Waals surface area contributed by atoms with E-state index in [1.165, 1.54) is 16.7 Å². The lowest BCUT2D eigenvalue weighted by molar-refractivity contribution is 0.302. The molecule has 2 aromatic rings. The number of halogens is 1. The molecule has 0 spiro atoms. The van der Waals surface area contributed by atoms with Crippen LogP contribution in [-0.2, 0) is 13.2 Å². The first-order valence-corrected chi connectivity index (χ1v) is 8.80. The molecule has 0 bridgehead atoms. The topological polar surface area (TPSA) is 33.3 Å². The summed E-state index contributed by atoms with van der Waals surface area (Å²) >= 11 is 3.54. The van der Waals surface area contributed by atoms with Gasteiger partial charge in [0.05, 0.1) is 0 Å². The number of ether oxygens (including phenoxy) is 1. The Labute approximate surface area is 147 Å². The first kappa shape index (κ1) is 18.0. The van der Waals surface area contributed by atoms with Crippen LogP contribution in [0.15, 0.2) is 46.9 Å². The highest BCUT2D eigenvalue weighted by molar-refractivity contribution is 9.10. The van der Waals surface area contributed by atoms with Crippen LogP contribution in [0.25, 0.3) is 0 Å². The van der Waals surface area contributed by atoms with E-state index in [1.807, 2.05) is 19.2 Å². The first-order chi connectivity index (χ1) is 11.2. The molecule has 0 fully saturated rings. The quantitative estimate of drug-likeness (QED) is 0.648. The number of hydrogen-bond donors (Lipinski definition) is 2.